The lowest BCUT2D eigenvalue weighted by Gasteiger charge is -2.61. The van der Waals surface area contributed by atoms with Gasteiger partial charge in [-0.1, -0.05) is 13.0 Å². The molecule has 2 fully saturated rings. The van der Waals surface area contributed by atoms with Crippen LogP contribution in [0.5, 0.6) is 0 Å². The Morgan fingerprint density at radius 2 is 2.00 bits per heavy atom. The third-order valence-electron chi connectivity index (χ3n) is 6.25. The van der Waals surface area contributed by atoms with Gasteiger partial charge in [-0.05, 0) is 43.4 Å². The fourth-order valence-corrected chi connectivity index (χ4v) is 5.01. The van der Waals surface area contributed by atoms with Gasteiger partial charge in [0.05, 0.1) is 12.4 Å². The van der Waals surface area contributed by atoms with Gasteiger partial charge in [0.1, 0.15) is 5.54 Å². The molecule has 0 unspecified atom stereocenters. The number of hydrogen-bond acceptors (Lipinski definition) is 6. The lowest BCUT2D eigenvalue weighted by Crippen LogP contribution is -2.70. The molecule has 9 heteroatoms. The molecule has 1 aliphatic carbocycles. The topological polar surface area (TPSA) is 97.0 Å². The molecule has 1 aromatic carbocycles. The molecule has 2 aliphatic rings. The highest BCUT2D eigenvalue weighted by Crippen LogP contribution is 2.55. The molecule has 0 spiro atoms. The van der Waals surface area contributed by atoms with Crippen LogP contribution in [0.4, 0.5) is 14.9 Å². The maximum atomic E-state index is 13.3. The normalized spacial score (nSPS) is 24.6. The van der Waals surface area contributed by atoms with Crippen LogP contribution in [0.1, 0.15) is 43.5 Å². The largest absolute Gasteiger partial charge is 0.423 e. The van der Waals surface area contributed by atoms with Crippen LogP contribution in [0.15, 0.2) is 35.0 Å². The first-order valence-corrected chi connectivity index (χ1v) is 10.4. The van der Waals surface area contributed by atoms with Gasteiger partial charge in [-0.15, -0.1) is 10.2 Å². The van der Waals surface area contributed by atoms with Gasteiger partial charge < -0.3 is 14.6 Å². The molecule has 0 radical (unpaired) electrons. The van der Waals surface area contributed by atoms with Crippen LogP contribution >= 0.6 is 0 Å². The highest BCUT2D eigenvalue weighted by Gasteiger charge is 2.62. The van der Waals surface area contributed by atoms with E-state index in [0.717, 1.165) is 42.8 Å². The van der Waals surface area contributed by atoms with Gasteiger partial charge in [0.2, 0.25) is 11.8 Å². The van der Waals surface area contributed by atoms with Crippen molar-refractivity contribution >= 4 is 11.7 Å². The maximum absolute atomic E-state index is 13.3. The fraction of sp³-hybridized carbons (Fsp3) is 0.409. The van der Waals surface area contributed by atoms with Gasteiger partial charge in [0.25, 0.3) is 0 Å². The van der Waals surface area contributed by atoms with Gasteiger partial charge in [0.15, 0.2) is 11.6 Å². The quantitative estimate of drug-likeness (QED) is 0.679. The minimum atomic E-state index is -0.554. The number of benzene rings is 1. The van der Waals surface area contributed by atoms with Crippen molar-refractivity contribution in [1.29, 1.82) is 0 Å². The summed E-state index contributed by atoms with van der Waals surface area (Å²) in [6.07, 6.45) is 4.83. The SMILES string of the molecule is Cc1nnc([C@@]23C[C@H](C)C[C@@H](C2)N3C(=O)Nc2ccc(C)c(-c3ncc(F)cn3)c2)o1. The number of likely N-dealkylation sites (tertiary alicyclic amines) is 1. The summed E-state index contributed by atoms with van der Waals surface area (Å²) in [7, 11) is 0. The van der Waals surface area contributed by atoms with Gasteiger partial charge >= 0.3 is 6.03 Å². The third-order valence-corrected chi connectivity index (χ3v) is 6.25. The number of halogens is 1. The van der Waals surface area contributed by atoms with Crippen LogP contribution in [0.3, 0.4) is 0 Å². The van der Waals surface area contributed by atoms with Crippen LogP contribution < -0.4 is 5.32 Å². The molecule has 160 valence electrons. The second-order valence-electron chi connectivity index (χ2n) is 8.62. The number of fused-ring (bicyclic) bond motifs is 2. The van der Waals surface area contributed by atoms with Crippen molar-refractivity contribution < 1.29 is 13.6 Å². The molecule has 2 amide bonds. The molecular weight excluding hydrogens is 399 g/mol. The fourth-order valence-electron chi connectivity index (χ4n) is 5.01. The van der Waals surface area contributed by atoms with E-state index in [0.29, 0.717) is 29.2 Å². The van der Waals surface area contributed by atoms with Crippen LogP contribution in [0.25, 0.3) is 11.4 Å². The first-order valence-electron chi connectivity index (χ1n) is 10.4. The zero-order valence-electron chi connectivity index (χ0n) is 17.6. The number of hydrogen-bond donors (Lipinski definition) is 1. The zero-order valence-corrected chi connectivity index (χ0v) is 17.6. The first-order chi connectivity index (χ1) is 14.9. The molecular formula is C22H23FN6O2. The highest BCUT2D eigenvalue weighted by atomic mass is 19.1. The molecule has 3 atom stereocenters. The van der Waals surface area contributed by atoms with E-state index in [9.17, 15) is 9.18 Å². The van der Waals surface area contributed by atoms with E-state index in [2.05, 4.69) is 32.4 Å². The maximum Gasteiger partial charge on any atom is 0.323 e. The number of nitrogens with zero attached hydrogens (tertiary/aromatic N) is 5. The first kappa shape index (κ1) is 19.6. The van der Waals surface area contributed by atoms with Gasteiger partial charge in [-0.2, -0.15) is 0 Å². The number of carbonyl (C=O) groups excluding carboxylic acids is 1. The van der Waals surface area contributed by atoms with Crippen molar-refractivity contribution in [2.24, 2.45) is 5.92 Å². The summed E-state index contributed by atoms with van der Waals surface area (Å²) in [5.74, 6) is 1.38. The van der Waals surface area contributed by atoms with Crippen molar-refractivity contribution in [2.75, 3.05) is 5.32 Å². The van der Waals surface area contributed by atoms with Crippen molar-refractivity contribution in [2.45, 2.75) is 51.6 Å². The van der Waals surface area contributed by atoms with Crippen molar-refractivity contribution in [3.8, 4) is 11.4 Å². The van der Waals surface area contributed by atoms with Gasteiger partial charge in [-0.3, -0.25) is 0 Å². The molecule has 3 aromatic rings. The summed E-state index contributed by atoms with van der Waals surface area (Å²) in [6, 6.07) is 5.47. The smallest absolute Gasteiger partial charge is 0.323 e. The number of rotatable bonds is 3. The second-order valence-corrected chi connectivity index (χ2v) is 8.62. The summed E-state index contributed by atoms with van der Waals surface area (Å²) in [5, 5.41) is 11.2. The second kappa shape index (κ2) is 7.11. The summed E-state index contributed by atoms with van der Waals surface area (Å²) in [5.41, 5.74) is 1.73. The summed E-state index contributed by atoms with van der Waals surface area (Å²) < 4.78 is 19.0. The number of amides is 2. The van der Waals surface area contributed by atoms with E-state index in [1.54, 1.807) is 6.92 Å². The van der Waals surface area contributed by atoms with Crippen LogP contribution in [-0.2, 0) is 5.54 Å². The monoisotopic (exact) mass is 422 g/mol. The molecule has 5 rings (SSSR count). The molecule has 8 nitrogen and oxygen atoms in total. The number of nitrogens with one attached hydrogen (secondary N) is 1. The molecule has 31 heavy (non-hydrogen) atoms. The lowest BCUT2D eigenvalue weighted by molar-refractivity contribution is -0.110. The van der Waals surface area contributed by atoms with Gasteiger partial charge in [-0.25, -0.2) is 19.2 Å². The molecule has 2 aromatic heterocycles. The molecule has 2 bridgehead atoms. The number of aromatic nitrogens is 4. The average Bonchev–Trinajstić information content (AvgIpc) is 3.16. The van der Waals surface area contributed by atoms with E-state index in [1.807, 2.05) is 30.0 Å². The van der Waals surface area contributed by atoms with E-state index < -0.39 is 11.4 Å². The summed E-state index contributed by atoms with van der Waals surface area (Å²) in [4.78, 5) is 23.3. The Bertz CT molecular complexity index is 1150. The molecule has 3 heterocycles. The van der Waals surface area contributed by atoms with Crippen LogP contribution in [0, 0.1) is 25.6 Å². The van der Waals surface area contributed by atoms with Crippen molar-refractivity contribution in [3.05, 3.63) is 53.8 Å². The standard InChI is InChI=1S/C22H23FN6O2/c1-12-6-17-9-22(8-12,20-28-27-14(3)31-20)29(17)21(30)26-16-5-4-13(2)18(7-16)19-24-10-15(23)11-25-19/h4-5,7,10-12,17H,6,8-9H2,1-3H3,(H,26,30)/t12-,17+,22-/m1/s1. The van der Waals surface area contributed by atoms with Crippen LogP contribution in [-0.4, -0.2) is 37.1 Å². The van der Waals surface area contributed by atoms with Crippen LogP contribution in [0.2, 0.25) is 0 Å². The van der Waals surface area contributed by atoms with Crippen molar-refractivity contribution in [3.63, 3.8) is 0 Å². The predicted molar refractivity (Wildman–Crippen MR) is 111 cm³/mol. The average molecular weight is 422 g/mol. The minimum absolute atomic E-state index is 0.140. The molecule has 1 N–H and O–H groups in total. The molecule has 1 saturated carbocycles. The van der Waals surface area contributed by atoms with E-state index in [-0.39, 0.29) is 12.1 Å². The van der Waals surface area contributed by atoms with Gasteiger partial charge in [0, 0.05) is 30.6 Å². The number of urea groups is 1. The molecule has 1 aliphatic heterocycles. The Hall–Kier alpha value is -3.36. The Morgan fingerprint density at radius 1 is 1.23 bits per heavy atom. The zero-order chi connectivity index (χ0) is 21.8. The number of anilines is 1. The minimum Gasteiger partial charge on any atom is -0.423 e. The summed E-state index contributed by atoms with van der Waals surface area (Å²) in [6.45, 7) is 5.86. The van der Waals surface area contributed by atoms with Crippen molar-refractivity contribution in [1.82, 2.24) is 25.1 Å². The van der Waals surface area contributed by atoms with E-state index >= 15 is 0 Å². The summed E-state index contributed by atoms with van der Waals surface area (Å²) >= 11 is 0. The number of piperidine rings is 1. The Labute approximate surface area is 178 Å². The lowest BCUT2D eigenvalue weighted by atomic mass is 9.64. The predicted octanol–water partition coefficient (Wildman–Crippen LogP) is 4.21. The Morgan fingerprint density at radius 3 is 2.71 bits per heavy atom. The van der Waals surface area contributed by atoms with E-state index in [4.69, 9.17) is 4.42 Å². The molecule has 1 saturated heterocycles. The Kier molecular flexibility index (Phi) is 4.49. The van der Waals surface area contributed by atoms with E-state index in [1.165, 1.54) is 0 Å². The highest BCUT2D eigenvalue weighted by molar-refractivity contribution is 5.91. The Balaban J connectivity index is 1.42. The number of aryl methyl sites for hydroxylation is 2. The number of carbonyl (C=O) groups is 1. The third kappa shape index (κ3) is 3.24.